The van der Waals surface area contributed by atoms with Crippen molar-refractivity contribution >= 4 is 17.2 Å². The lowest BCUT2D eigenvalue weighted by molar-refractivity contribution is -0.0499. The summed E-state index contributed by atoms with van der Waals surface area (Å²) in [5.41, 5.74) is 6.77. The number of hydrogen-bond acceptors (Lipinski definition) is 5. The Bertz CT molecular complexity index is 553. The van der Waals surface area contributed by atoms with Gasteiger partial charge in [0.15, 0.2) is 5.84 Å². The maximum Gasteiger partial charge on any atom is 0.387 e. The van der Waals surface area contributed by atoms with Crippen LogP contribution in [0.3, 0.4) is 0 Å². The van der Waals surface area contributed by atoms with Crippen molar-refractivity contribution in [3.63, 3.8) is 0 Å². The van der Waals surface area contributed by atoms with E-state index in [4.69, 9.17) is 16.4 Å². The molecule has 0 heterocycles. The van der Waals surface area contributed by atoms with Crippen molar-refractivity contribution in [3.8, 4) is 11.8 Å². The summed E-state index contributed by atoms with van der Waals surface area (Å²) in [6.07, 6.45) is 0. The van der Waals surface area contributed by atoms with Gasteiger partial charge in [0.05, 0.1) is 5.69 Å². The fourth-order valence-electron chi connectivity index (χ4n) is 1.06. The Labute approximate surface area is 105 Å². The molecule has 0 aliphatic rings. The highest BCUT2D eigenvalue weighted by Gasteiger charge is 2.08. The number of halogens is 3. The van der Waals surface area contributed by atoms with Crippen molar-refractivity contribution in [1.82, 2.24) is 0 Å². The van der Waals surface area contributed by atoms with E-state index in [2.05, 4.69) is 15.3 Å². The summed E-state index contributed by atoms with van der Waals surface area (Å²) in [5.74, 6) is -1.83. The summed E-state index contributed by atoms with van der Waals surface area (Å²) in [6, 6.07) is 4.28. The second-order valence-corrected chi connectivity index (χ2v) is 3.15. The number of benzene rings is 1. The number of rotatable bonds is 5. The average molecular weight is 271 g/mol. The molecule has 0 bridgehead atoms. The van der Waals surface area contributed by atoms with Crippen LogP contribution in [0, 0.1) is 22.6 Å². The van der Waals surface area contributed by atoms with Gasteiger partial charge in [-0.25, -0.2) is 4.39 Å². The van der Waals surface area contributed by atoms with Crippen LogP contribution in [0.4, 0.5) is 18.9 Å². The molecule has 0 spiro atoms. The van der Waals surface area contributed by atoms with Gasteiger partial charge in [0.1, 0.15) is 17.6 Å². The highest BCUT2D eigenvalue weighted by atomic mass is 19.3. The van der Waals surface area contributed by atoms with Crippen LogP contribution in [0.2, 0.25) is 0 Å². The smallest absolute Gasteiger partial charge is 0.387 e. The molecule has 0 radical (unpaired) electrons. The summed E-state index contributed by atoms with van der Waals surface area (Å²) in [6.45, 7) is -3.09. The molecule has 0 aliphatic heterocycles. The summed E-state index contributed by atoms with van der Waals surface area (Å²) < 4.78 is 41.1. The first-order chi connectivity index (χ1) is 8.92. The Morgan fingerprint density at radius 2 is 2.16 bits per heavy atom. The Balaban J connectivity index is 2.93. The van der Waals surface area contributed by atoms with Gasteiger partial charge in [-0.1, -0.05) is 0 Å². The van der Waals surface area contributed by atoms with Crippen molar-refractivity contribution in [2.75, 3.05) is 5.43 Å². The lowest BCUT2D eigenvalue weighted by Crippen LogP contribution is -2.21. The standard InChI is InChI=1S/C10H8F3N5O/c11-5-1-6(3-7(2-5)19-10(12)13)17-18-8(4-14)9(15)16/h1-3,10,17H,(H3,15,16)/b18-8+. The molecular formula is C10H8F3N5O. The van der Waals surface area contributed by atoms with Gasteiger partial charge in [-0.15, -0.1) is 0 Å². The van der Waals surface area contributed by atoms with E-state index in [0.717, 1.165) is 18.2 Å². The Morgan fingerprint density at radius 1 is 1.47 bits per heavy atom. The van der Waals surface area contributed by atoms with E-state index in [-0.39, 0.29) is 5.69 Å². The maximum atomic E-state index is 13.1. The molecule has 9 heteroatoms. The van der Waals surface area contributed by atoms with Crippen molar-refractivity contribution in [2.24, 2.45) is 10.8 Å². The number of amidine groups is 1. The number of hydrogen-bond donors (Lipinski definition) is 3. The number of hydrazone groups is 1. The molecule has 19 heavy (non-hydrogen) atoms. The third-order valence-electron chi connectivity index (χ3n) is 1.75. The molecule has 4 N–H and O–H groups in total. The average Bonchev–Trinajstić information content (AvgIpc) is 2.27. The zero-order valence-corrected chi connectivity index (χ0v) is 9.32. The van der Waals surface area contributed by atoms with E-state index in [0.29, 0.717) is 0 Å². The molecule has 6 nitrogen and oxygen atoms in total. The van der Waals surface area contributed by atoms with Gasteiger partial charge in [0.25, 0.3) is 0 Å². The maximum absolute atomic E-state index is 13.1. The molecule has 1 aromatic rings. The highest BCUT2D eigenvalue weighted by molar-refractivity contribution is 6.45. The molecule has 0 unspecified atom stereocenters. The molecule has 0 fully saturated rings. The van der Waals surface area contributed by atoms with E-state index in [9.17, 15) is 13.2 Å². The van der Waals surface area contributed by atoms with Crippen LogP contribution in [-0.4, -0.2) is 18.2 Å². The molecule has 100 valence electrons. The fraction of sp³-hybridized carbons (Fsp3) is 0.100. The van der Waals surface area contributed by atoms with E-state index < -0.39 is 29.7 Å². The fourth-order valence-corrected chi connectivity index (χ4v) is 1.06. The molecule has 1 rings (SSSR count). The SMILES string of the molecule is N#C/C(=N\Nc1cc(F)cc(OC(F)F)c1)C(=N)N. The first-order valence-corrected chi connectivity index (χ1v) is 4.76. The van der Waals surface area contributed by atoms with Crippen LogP contribution < -0.4 is 15.9 Å². The summed E-state index contributed by atoms with van der Waals surface area (Å²) >= 11 is 0. The Morgan fingerprint density at radius 3 is 2.68 bits per heavy atom. The number of nitrogens with zero attached hydrogens (tertiary/aromatic N) is 2. The van der Waals surface area contributed by atoms with Gasteiger partial charge in [-0.3, -0.25) is 10.8 Å². The number of nitrogens with two attached hydrogens (primary N) is 1. The van der Waals surface area contributed by atoms with E-state index in [1.54, 1.807) is 0 Å². The van der Waals surface area contributed by atoms with Crippen LogP contribution in [-0.2, 0) is 0 Å². The normalized spacial score (nSPS) is 11.0. The lowest BCUT2D eigenvalue weighted by Gasteiger charge is -2.07. The molecular weight excluding hydrogens is 263 g/mol. The number of nitrogens with one attached hydrogen (secondary N) is 2. The number of nitriles is 1. The van der Waals surface area contributed by atoms with Gasteiger partial charge >= 0.3 is 6.61 Å². The Hall–Kier alpha value is -2.76. The van der Waals surface area contributed by atoms with Gasteiger partial charge in [-0.2, -0.15) is 19.1 Å². The first kappa shape index (κ1) is 14.3. The zero-order chi connectivity index (χ0) is 14.4. The van der Waals surface area contributed by atoms with Crippen molar-refractivity contribution in [1.29, 1.82) is 10.7 Å². The molecule has 0 aromatic heterocycles. The Kier molecular flexibility index (Phi) is 4.70. The monoisotopic (exact) mass is 271 g/mol. The van der Waals surface area contributed by atoms with Crippen LogP contribution in [0.15, 0.2) is 23.3 Å². The predicted molar refractivity (Wildman–Crippen MR) is 61.6 cm³/mol. The minimum Gasteiger partial charge on any atom is -0.435 e. The van der Waals surface area contributed by atoms with Crippen molar-refractivity contribution in [3.05, 3.63) is 24.0 Å². The highest BCUT2D eigenvalue weighted by Crippen LogP contribution is 2.21. The molecule has 0 atom stereocenters. The van der Waals surface area contributed by atoms with Crippen molar-refractivity contribution < 1.29 is 17.9 Å². The quantitative estimate of drug-likeness (QED) is 0.430. The minimum atomic E-state index is -3.09. The van der Waals surface area contributed by atoms with Gasteiger partial charge < -0.3 is 10.5 Å². The number of anilines is 1. The topological polar surface area (TPSA) is 107 Å². The number of ether oxygens (including phenoxy) is 1. The van der Waals surface area contributed by atoms with Crippen LogP contribution in [0.5, 0.6) is 5.75 Å². The van der Waals surface area contributed by atoms with Gasteiger partial charge in [0.2, 0.25) is 5.71 Å². The van der Waals surface area contributed by atoms with E-state index in [1.165, 1.54) is 6.07 Å². The predicted octanol–water partition coefficient (Wildman–Crippen LogP) is 1.65. The lowest BCUT2D eigenvalue weighted by atomic mass is 10.3. The van der Waals surface area contributed by atoms with Crippen LogP contribution >= 0.6 is 0 Å². The molecule has 0 amide bonds. The van der Waals surface area contributed by atoms with E-state index in [1.807, 2.05) is 0 Å². The van der Waals surface area contributed by atoms with Gasteiger partial charge in [-0.05, 0) is 6.07 Å². The van der Waals surface area contributed by atoms with E-state index >= 15 is 0 Å². The minimum absolute atomic E-state index is 0.0374. The third kappa shape index (κ3) is 4.55. The summed E-state index contributed by atoms with van der Waals surface area (Å²) in [5, 5.41) is 19.0. The first-order valence-electron chi connectivity index (χ1n) is 4.76. The molecule has 0 saturated carbocycles. The molecule has 0 aliphatic carbocycles. The van der Waals surface area contributed by atoms with Crippen LogP contribution in [0.1, 0.15) is 0 Å². The largest absolute Gasteiger partial charge is 0.435 e. The third-order valence-corrected chi connectivity index (χ3v) is 1.75. The van der Waals surface area contributed by atoms with Crippen molar-refractivity contribution in [2.45, 2.75) is 6.61 Å². The second-order valence-electron chi connectivity index (χ2n) is 3.15. The number of alkyl halides is 2. The van der Waals surface area contributed by atoms with Gasteiger partial charge in [0, 0.05) is 12.1 Å². The summed E-state index contributed by atoms with van der Waals surface area (Å²) in [4.78, 5) is 0. The summed E-state index contributed by atoms with van der Waals surface area (Å²) in [7, 11) is 0. The molecule has 1 aromatic carbocycles. The molecule has 0 saturated heterocycles. The zero-order valence-electron chi connectivity index (χ0n) is 9.32. The van der Waals surface area contributed by atoms with Crippen LogP contribution in [0.25, 0.3) is 0 Å². The second kappa shape index (κ2) is 6.25.